The molecule has 1 fully saturated rings. The van der Waals surface area contributed by atoms with Gasteiger partial charge in [-0.15, -0.1) is 0 Å². The first-order valence-corrected chi connectivity index (χ1v) is 5.11. The SMILES string of the molecule is COC1CC(N(C)C)CCC1C=NN. The van der Waals surface area contributed by atoms with Crippen molar-refractivity contribution in [1.82, 2.24) is 4.90 Å². The zero-order chi connectivity index (χ0) is 10.6. The second-order valence-corrected chi connectivity index (χ2v) is 4.17. The minimum Gasteiger partial charge on any atom is -0.381 e. The molecule has 0 amide bonds. The predicted molar refractivity (Wildman–Crippen MR) is 58.3 cm³/mol. The molecule has 1 aliphatic rings. The molecule has 14 heavy (non-hydrogen) atoms. The van der Waals surface area contributed by atoms with Crippen molar-refractivity contribution < 1.29 is 4.74 Å². The molecule has 3 atom stereocenters. The molecular formula is C10H21N3O. The monoisotopic (exact) mass is 199 g/mol. The third-order valence-corrected chi connectivity index (χ3v) is 3.13. The lowest BCUT2D eigenvalue weighted by Crippen LogP contribution is -2.41. The van der Waals surface area contributed by atoms with Crippen molar-refractivity contribution >= 4 is 6.21 Å². The van der Waals surface area contributed by atoms with Gasteiger partial charge in [-0.05, 0) is 33.4 Å². The minimum atomic E-state index is 0.267. The minimum absolute atomic E-state index is 0.267. The Morgan fingerprint density at radius 1 is 1.43 bits per heavy atom. The lowest BCUT2D eigenvalue weighted by Gasteiger charge is -2.36. The van der Waals surface area contributed by atoms with Crippen molar-refractivity contribution in [2.75, 3.05) is 21.2 Å². The van der Waals surface area contributed by atoms with Gasteiger partial charge in [-0.2, -0.15) is 5.10 Å². The topological polar surface area (TPSA) is 50.8 Å². The van der Waals surface area contributed by atoms with Gasteiger partial charge in [0.2, 0.25) is 0 Å². The summed E-state index contributed by atoms with van der Waals surface area (Å²) >= 11 is 0. The molecule has 0 heterocycles. The molecule has 0 saturated heterocycles. The smallest absolute Gasteiger partial charge is 0.0664 e. The number of hydrazone groups is 1. The highest BCUT2D eigenvalue weighted by atomic mass is 16.5. The maximum Gasteiger partial charge on any atom is 0.0664 e. The van der Waals surface area contributed by atoms with Crippen molar-refractivity contribution in [1.29, 1.82) is 0 Å². The fourth-order valence-electron chi connectivity index (χ4n) is 2.15. The van der Waals surface area contributed by atoms with E-state index >= 15 is 0 Å². The molecular weight excluding hydrogens is 178 g/mol. The van der Waals surface area contributed by atoms with E-state index in [2.05, 4.69) is 24.1 Å². The molecule has 0 radical (unpaired) electrons. The highest BCUT2D eigenvalue weighted by molar-refractivity contribution is 5.61. The average molecular weight is 199 g/mol. The highest BCUT2D eigenvalue weighted by Crippen LogP contribution is 2.27. The van der Waals surface area contributed by atoms with Crippen LogP contribution in [0.2, 0.25) is 0 Å². The molecule has 0 aromatic rings. The maximum atomic E-state index is 5.46. The third kappa shape index (κ3) is 2.69. The van der Waals surface area contributed by atoms with Gasteiger partial charge in [-0.25, -0.2) is 0 Å². The summed E-state index contributed by atoms with van der Waals surface area (Å²) in [6.07, 6.45) is 5.47. The van der Waals surface area contributed by atoms with Crippen molar-refractivity contribution in [3.05, 3.63) is 0 Å². The zero-order valence-corrected chi connectivity index (χ0v) is 9.31. The zero-order valence-electron chi connectivity index (χ0n) is 9.31. The third-order valence-electron chi connectivity index (χ3n) is 3.13. The van der Waals surface area contributed by atoms with Crippen LogP contribution in [0.15, 0.2) is 5.10 Å². The molecule has 0 aromatic carbocycles. The molecule has 1 saturated carbocycles. The molecule has 1 rings (SSSR count). The lowest BCUT2D eigenvalue weighted by molar-refractivity contribution is 0.0205. The van der Waals surface area contributed by atoms with Crippen LogP contribution in [-0.2, 0) is 4.74 Å². The van der Waals surface area contributed by atoms with Crippen molar-refractivity contribution in [2.45, 2.75) is 31.4 Å². The molecule has 82 valence electrons. The fraction of sp³-hybridized carbons (Fsp3) is 0.900. The van der Waals surface area contributed by atoms with E-state index in [4.69, 9.17) is 10.6 Å². The van der Waals surface area contributed by atoms with Gasteiger partial charge >= 0.3 is 0 Å². The molecule has 0 spiro atoms. The normalized spacial score (nSPS) is 34.1. The fourth-order valence-corrected chi connectivity index (χ4v) is 2.15. The van der Waals surface area contributed by atoms with Gasteiger partial charge in [-0.1, -0.05) is 0 Å². The van der Waals surface area contributed by atoms with E-state index in [1.165, 1.54) is 6.42 Å². The van der Waals surface area contributed by atoms with Gasteiger partial charge in [0, 0.05) is 25.3 Å². The van der Waals surface area contributed by atoms with Crippen molar-refractivity contribution in [2.24, 2.45) is 16.9 Å². The number of ether oxygens (including phenoxy) is 1. The number of nitrogens with two attached hydrogens (primary N) is 1. The van der Waals surface area contributed by atoms with Gasteiger partial charge in [-0.3, -0.25) is 0 Å². The Bertz CT molecular complexity index is 194. The van der Waals surface area contributed by atoms with Crippen LogP contribution in [0.4, 0.5) is 0 Å². The maximum absolute atomic E-state index is 5.46. The molecule has 0 aliphatic heterocycles. The Balaban J connectivity index is 2.54. The van der Waals surface area contributed by atoms with E-state index in [1.54, 1.807) is 7.11 Å². The molecule has 0 bridgehead atoms. The summed E-state index contributed by atoms with van der Waals surface area (Å²) in [5, 5.41) is 3.61. The van der Waals surface area contributed by atoms with Crippen molar-refractivity contribution in [3.63, 3.8) is 0 Å². The van der Waals surface area contributed by atoms with Crippen LogP contribution in [0.25, 0.3) is 0 Å². The van der Waals surface area contributed by atoms with E-state index in [0.717, 1.165) is 12.8 Å². The van der Waals surface area contributed by atoms with E-state index in [1.807, 2.05) is 6.21 Å². The van der Waals surface area contributed by atoms with Crippen LogP contribution in [-0.4, -0.2) is 44.5 Å². The van der Waals surface area contributed by atoms with Gasteiger partial charge in [0.15, 0.2) is 0 Å². The summed E-state index contributed by atoms with van der Waals surface area (Å²) in [5.41, 5.74) is 0. The molecule has 4 nitrogen and oxygen atoms in total. The summed E-state index contributed by atoms with van der Waals surface area (Å²) < 4.78 is 5.46. The van der Waals surface area contributed by atoms with E-state index in [0.29, 0.717) is 12.0 Å². The standard InChI is InChI=1S/C10H21N3O/c1-13(2)9-5-4-8(7-12-11)10(6-9)14-3/h7-10H,4-6,11H2,1-3H3. The van der Waals surface area contributed by atoms with Crippen LogP contribution >= 0.6 is 0 Å². The largest absolute Gasteiger partial charge is 0.381 e. The Labute approximate surface area is 86.1 Å². The Morgan fingerprint density at radius 2 is 2.14 bits per heavy atom. The van der Waals surface area contributed by atoms with E-state index in [9.17, 15) is 0 Å². The number of hydrogen-bond donors (Lipinski definition) is 1. The molecule has 3 unspecified atom stereocenters. The molecule has 2 N–H and O–H groups in total. The lowest BCUT2D eigenvalue weighted by atomic mass is 9.83. The van der Waals surface area contributed by atoms with Crippen molar-refractivity contribution in [3.8, 4) is 0 Å². The van der Waals surface area contributed by atoms with Gasteiger partial charge in [0.25, 0.3) is 0 Å². The first-order valence-electron chi connectivity index (χ1n) is 5.11. The molecule has 4 heteroatoms. The predicted octanol–water partition coefficient (Wildman–Crippen LogP) is 0.676. The summed E-state index contributed by atoms with van der Waals surface area (Å²) in [6, 6.07) is 0.627. The molecule has 1 aliphatic carbocycles. The van der Waals surface area contributed by atoms with Gasteiger partial charge in [0.1, 0.15) is 0 Å². The summed E-state index contributed by atoms with van der Waals surface area (Å²) in [5.74, 6) is 5.56. The van der Waals surface area contributed by atoms with E-state index in [-0.39, 0.29) is 6.10 Å². The summed E-state index contributed by atoms with van der Waals surface area (Å²) in [4.78, 5) is 2.27. The number of rotatable bonds is 3. The number of hydrogen-bond acceptors (Lipinski definition) is 4. The Kier molecular flexibility index (Phi) is 4.35. The van der Waals surface area contributed by atoms with Crippen LogP contribution in [0.3, 0.4) is 0 Å². The van der Waals surface area contributed by atoms with Gasteiger partial charge in [0.05, 0.1) is 6.10 Å². The summed E-state index contributed by atoms with van der Waals surface area (Å²) in [6.45, 7) is 0. The summed E-state index contributed by atoms with van der Waals surface area (Å²) in [7, 11) is 6.00. The first kappa shape index (κ1) is 11.5. The Morgan fingerprint density at radius 3 is 2.64 bits per heavy atom. The quantitative estimate of drug-likeness (QED) is 0.413. The second-order valence-electron chi connectivity index (χ2n) is 4.17. The second kappa shape index (κ2) is 5.32. The highest BCUT2D eigenvalue weighted by Gasteiger charge is 2.30. The average Bonchev–Trinajstić information content (AvgIpc) is 2.18. The number of methoxy groups -OCH3 is 1. The van der Waals surface area contributed by atoms with E-state index < -0.39 is 0 Å². The first-order chi connectivity index (χ1) is 6.69. The van der Waals surface area contributed by atoms with Crippen LogP contribution in [0.5, 0.6) is 0 Å². The molecule has 0 aromatic heterocycles. The van der Waals surface area contributed by atoms with Crippen LogP contribution in [0.1, 0.15) is 19.3 Å². The van der Waals surface area contributed by atoms with Crippen LogP contribution < -0.4 is 5.84 Å². The van der Waals surface area contributed by atoms with Gasteiger partial charge < -0.3 is 15.5 Å². The van der Waals surface area contributed by atoms with Crippen LogP contribution in [0, 0.1) is 5.92 Å². The Hall–Kier alpha value is -0.610. The number of nitrogens with zero attached hydrogens (tertiary/aromatic N) is 2.